The van der Waals surface area contributed by atoms with Gasteiger partial charge in [-0.15, -0.1) is 0 Å². The molecule has 1 heterocycles. The quantitative estimate of drug-likeness (QED) is 0.631. The molecule has 0 aliphatic heterocycles. The fraction of sp³-hybridized carbons (Fsp3) is 0.200. The summed E-state index contributed by atoms with van der Waals surface area (Å²) in [5.74, 6) is 2.40. The summed E-state index contributed by atoms with van der Waals surface area (Å²) in [5.41, 5.74) is 7.08. The molecule has 0 saturated carbocycles. The molecule has 3 N–H and O–H groups in total. The molecule has 0 atom stereocenters. The lowest BCUT2D eigenvalue weighted by atomic mass is 10.1. The summed E-state index contributed by atoms with van der Waals surface area (Å²) in [6.07, 6.45) is 0.447. The van der Waals surface area contributed by atoms with E-state index in [9.17, 15) is 0 Å². The molecule has 2 aromatic carbocycles. The van der Waals surface area contributed by atoms with Crippen molar-refractivity contribution in [1.82, 2.24) is 9.97 Å². The monoisotopic (exact) mass is 367 g/mol. The molecule has 1 aromatic heterocycles. The van der Waals surface area contributed by atoms with E-state index in [4.69, 9.17) is 25.1 Å². The van der Waals surface area contributed by atoms with Crippen molar-refractivity contribution in [3.63, 3.8) is 0 Å². The van der Waals surface area contributed by atoms with E-state index < -0.39 is 0 Å². The zero-order chi connectivity index (χ0) is 19.1. The van der Waals surface area contributed by atoms with Crippen molar-refractivity contribution in [1.29, 1.82) is 0 Å². The van der Waals surface area contributed by atoms with Crippen LogP contribution in [0.5, 0.6) is 23.1 Å². The third kappa shape index (κ3) is 4.86. The smallest absolute Gasteiger partial charge is 0.263 e. The van der Waals surface area contributed by atoms with Crippen LogP contribution in [-0.2, 0) is 6.42 Å². The van der Waals surface area contributed by atoms with E-state index in [1.165, 1.54) is 0 Å². The number of methoxy groups -OCH3 is 1. The maximum atomic E-state index is 9.09. The van der Waals surface area contributed by atoms with Crippen LogP contribution in [0.3, 0.4) is 0 Å². The van der Waals surface area contributed by atoms with Gasteiger partial charge in [-0.25, -0.2) is 4.98 Å². The molecule has 0 aliphatic carbocycles. The molecule has 3 aromatic rings. The van der Waals surface area contributed by atoms with Gasteiger partial charge in [0.2, 0.25) is 5.75 Å². The molecule has 7 heteroatoms. The van der Waals surface area contributed by atoms with E-state index in [0.29, 0.717) is 18.0 Å². The predicted octanol–water partition coefficient (Wildman–Crippen LogP) is 2.82. The first-order chi connectivity index (χ1) is 13.2. The largest absolute Gasteiger partial charge is 0.497 e. The summed E-state index contributed by atoms with van der Waals surface area (Å²) in [6.45, 7) is -0.0832. The zero-order valence-corrected chi connectivity index (χ0v) is 15.0. The number of ether oxygens (including phenoxy) is 3. The second kappa shape index (κ2) is 8.86. The summed E-state index contributed by atoms with van der Waals surface area (Å²) in [7, 11) is 1.62. The van der Waals surface area contributed by atoms with Crippen molar-refractivity contribution in [3.05, 3.63) is 66.0 Å². The van der Waals surface area contributed by atoms with E-state index in [1.807, 2.05) is 42.5 Å². The highest BCUT2D eigenvalue weighted by Gasteiger charge is 2.17. The lowest BCUT2D eigenvalue weighted by molar-refractivity contribution is 0.192. The third-order valence-corrected chi connectivity index (χ3v) is 3.70. The molecular weight excluding hydrogens is 346 g/mol. The Morgan fingerprint density at radius 1 is 1.00 bits per heavy atom. The minimum Gasteiger partial charge on any atom is -0.497 e. The maximum Gasteiger partial charge on any atom is 0.263 e. The van der Waals surface area contributed by atoms with Crippen LogP contribution in [0.4, 0.5) is 5.82 Å². The number of aromatic nitrogens is 2. The summed E-state index contributed by atoms with van der Waals surface area (Å²) in [5, 5.41) is 9.09. The topological polar surface area (TPSA) is 99.7 Å². The lowest BCUT2D eigenvalue weighted by Crippen LogP contribution is -2.10. The van der Waals surface area contributed by atoms with E-state index >= 15 is 0 Å². The number of anilines is 1. The molecule has 3 rings (SSSR count). The summed E-state index contributed by atoms with van der Waals surface area (Å²) in [4.78, 5) is 8.77. The third-order valence-electron chi connectivity index (χ3n) is 3.70. The molecule has 0 saturated heterocycles. The molecule has 0 unspecified atom stereocenters. The lowest BCUT2D eigenvalue weighted by Gasteiger charge is -2.14. The van der Waals surface area contributed by atoms with Gasteiger partial charge in [0, 0.05) is 6.42 Å². The second-order valence-electron chi connectivity index (χ2n) is 5.67. The standard InChI is InChI=1S/C20H21N3O4/c1-25-16-9-5-6-14(12-16)13-17-22-19(21)18(20(23-17)26-11-10-24)27-15-7-3-2-4-8-15/h2-9,12,24H,10-11,13H2,1H3,(H2,21,22,23). The van der Waals surface area contributed by atoms with E-state index in [2.05, 4.69) is 9.97 Å². The van der Waals surface area contributed by atoms with Gasteiger partial charge >= 0.3 is 0 Å². The van der Waals surface area contributed by atoms with Gasteiger partial charge in [-0.2, -0.15) is 4.98 Å². The Hall–Kier alpha value is -3.32. The van der Waals surface area contributed by atoms with Crippen LogP contribution in [-0.4, -0.2) is 35.4 Å². The molecule has 0 bridgehead atoms. The minimum atomic E-state index is -0.153. The van der Waals surface area contributed by atoms with Crippen LogP contribution in [0.2, 0.25) is 0 Å². The predicted molar refractivity (Wildman–Crippen MR) is 101 cm³/mol. The first kappa shape index (κ1) is 18.5. The Morgan fingerprint density at radius 3 is 2.52 bits per heavy atom. The normalized spacial score (nSPS) is 10.4. The Bertz CT molecular complexity index is 888. The Balaban J connectivity index is 1.90. The highest BCUT2D eigenvalue weighted by atomic mass is 16.5. The molecule has 0 fully saturated rings. The van der Waals surface area contributed by atoms with Crippen LogP contribution < -0.4 is 19.9 Å². The van der Waals surface area contributed by atoms with Crippen LogP contribution in [0.15, 0.2) is 54.6 Å². The second-order valence-corrected chi connectivity index (χ2v) is 5.67. The Kier molecular flexibility index (Phi) is 6.06. The van der Waals surface area contributed by atoms with Gasteiger partial charge in [0.15, 0.2) is 5.82 Å². The highest BCUT2D eigenvalue weighted by Crippen LogP contribution is 2.35. The van der Waals surface area contributed by atoms with Crippen molar-refractivity contribution < 1.29 is 19.3 Å². The van der Waals surface area contributed by atoms with Crippen molar-refractivity contribution in [2.24, 2.45) is 0 Å². The van der Waals surface area contributed by atoms with E-state index in [1.54, 1.807) is 19.2 Å². The summed E-state index contributed by atoms with van der Waals surface area (Å²) < 4.78 is 16.6. The first-order valence-corrected chi connectivity index (χ1v) is 8.45. The van der Waals surface area contributed by atoms with Gasteiger partial charge in [-0.05, 0) is 29.8 Å². The zero-order valence-electron chi connectivity index (χ0n) is 15.0. The number of rotatable bonds is 8. The number of nitrogens with two attached hydrogens (primary N) is 1. The van der Waals surface area contributed by atoms with Crippen molar-refractivity contribution in [2.75, 3.05) is 26.1 Å². The number of hydrogen-bond donors (Lipinski definition) is 2. The average molecular weight is 367 g/mol. The number of hydrogen-bond acceptors (Lipinski definition) is 7. The van der Waals surface area contributed by atoms with Gasteiger partial charge in [0.25, 0.3) is 5.88 Å². The molecule has 7 nitrogen and oxygen atoms in total. The molecule has 27 heavy (non-hydrogen) atoms. The molecular formula is C20H21N3O4. The van der Waals surface area contributed by atoms with Crippen LogP contribution in [0.25, 0.3) is 0 Å². The molecule has 140 valence electrons. The number of para-hydroxylation sites is 1. The maximum absolute atomic E-state index is 9.09. The van der Waals surface area contributed by atoms with Crippen molar-refractivity contribution in [3.8, 4) is 23.1 Å². The summed E-state index contributed by atoms with van der Waals surface area (Å²) >= 11 is 0. The van der Waals surface area contributed by atoms with Gasteiger partial charge in [0.05, 0.1) is 13.7 Å². The number of benzene rings is 2. The van der Waals surface area contributed by atoms with Gasteiger partial charge in [-0.1, -0.05) is 30.3 Å². The number of nitrogens with zero attached hydrogens (tertiary/aromatic N) is 2. The van der Waals surface area contributed by atoms with Crippen molar-refractivity contribution >= 4 is 5.82 Å². The molecule has 0 aliphatic rings. The number of aliphatic hydroxyl groups is 1. The molecule has 0 spiro atoms. The van der Waals surface area contributed by atoms with Crippen molar-refractivity contribution in [2.45, 2.75) is 6.42 Å². The summed E-state index contributed by atoms with van der Waals surface area (Å²) in [6, 6.07) is 16.8. The SMILES string of the molecule is COc1cccc(Cc2nc(N)c(Oc3ccccc3)c(OCCO)n2)c1. The fourth-order valence-electron chi connectivity index (χ4n) is 2.48. The average Bonchev–Trinajstić information content (AvgIpc) is 2.69. The van der Waals surface area contributed by atoms with E-state index in [0.717, 1.165) is 11.3 Å². The first-order valence-electron chi connectivity index (χ1n) is 8.45. The molecule has 0 radical (unpaired) electrons. The number of nitrogen functional groups attached to an aromatic ring is 1. The van der Waals surface area contributed by atoms with Crippen LogP contribution in [0, 0.1) is 0 Å². The highest BCUT2D eigenvalue weighted by molar-refractivity contribution is 5.54. The molecule has 0 amide bonds. The fourth-order valence-corrected chi connectivity index (χ4v) is 2.48. The van der Waals surface area contributed by atoms with Crippen LogP contribution >= 0.6 is 0 Å². The van der Waals surface area contributed by atoms with Gasteiger partial charge < -0.3 is 25.1 Å². The van der Waals surface area contributed by atoms with Gasteiger partial charge in [-0.3, -0.25) is 0 Å². The minimum absolute atomic E-state index is 0.0696. The Labute approximate surface area is 157 Å². The Morgan fingerprint density at radius 2 is 1.78 bits per heavy atom. The van der Waals surface area contributed by atoms with Gasteiger partial charge in [0.1, 0.15) is 23.9 Å². The van der Waals surface area contributed by atoms with E-state index in [-0.39, 0.29) is 30.7 Å². The number of aliphatic hydroxyl groups excluding tert-OH is 1. The van der Waals surface area contributed by atoms with Crippen LogP contribution in [0.1, 0.15) is 11.4 Å².